The van der Waals surface area contributed by atoms with Crippen LogP contribution in [0.4, 0.5) is 0 Å². The summed E-state index contributed by atoms with van der Waals surface area (Å²) in [7, 11) is -3.31. The second-order valence-corrected chi connectivity index (χ2v) is 23.1. The Bertz CT molecular complexity index is 403. The fourth-order valence-corrected chi connectivity index (χ4v) is 28.2. The Hall–Kier alpha value is 0.694. The van der Waals surface area contributed by atoms with Gasteiger partial charge in [0.1, 0.15) is 0 Å². The van der Waals surface area contributed by atoms with Gasteiger partial charge >= 0.3 is 0 Å². The Morgan fingerprint density at radius 3 is 1.62 bits per heavy atom. The minimum Gasteiger partial charge on any atom is -0.375 e. The molecular weight excluding hydrogens is 329 g/mol. The van der Waals surface area contributed by atoms with E-state index >= 15 is 0 Å². The maximum absolute atomic E-state index is 7.20. The summed E-state index contributed by atoms with van der Waals surface area (Å²) in [5, 5.41) is 1.60. The van der Waals surface area contributed by atoms with Crippen LogP contribution >= 0.6 is 18.5 Å². The fraction of sp³-hybridized carbons (Fsp3) is 0.875. The van der Waals surface area contributed by atoms with Crippen molar-refractivity contribution < 1.29 is 0 Å². The minimum atomic E-state index is -1.41. The monoisotopic (exact) mass is 363 g/mol. The van der Waals surface area contributed by atoms with Crippen LogP contribution in [0.3, 0.4) is 0 Å². The van der Waals surface area contributed by atoms with Crippen molar-refractivity contribution in [3.8, 4) is 0 Å². The van der Waals surface area contributed by atoms with Crippen molar-refractivity contribution in [1.29, 1.82) is 0 Å². The number of hydrogen-bond acceptors (Lipinski definition) is 1. The van der Waals surface area contributed by atoms with Crippen LogP contribution in [0.5, 0.6) is 0 Å². The van der Waals surface area contributed by atoms with Crippen LogP contribution < -0.4 is 0 Å². The molecular formula is C16H35ClNPSi2. The topological polar surface area (TPSA) is 3.24 Å². The summed E-state index contributed by atoms with van der Waals surface area (Å²) in [5.41, 5.74) is 1.68. The normalized spacial score (nSPS) is 22.6. The van der Waals surface area contributed by atoms with Crippen molar-refractivity contribution in [2.24, 2.45) is 5.92 Å². The van der Waals surface area contributed by atoms with Crippen LogP contribution in [0.25, 0.3) is 0 Å². The van der Waals surface area contributed by atoms with Gasteiger partial charge in [0, 0.05) is 30.5 Å². The van der Waals surface area contributed by atoms with Gasteiger partial charge in [-0.15, -0.1) is 0 Å². The Morgan fingerprint density at radius 1 is 1.00 bits per heavy atom. The van der Waals surface area contributed by atoms with E-state index in [0.29, 0.717) is 10.3 Å². The molecule has 5 heteroatoms. The zero-order chi connectivity index (χ0) is 16.8. The van der Waals surface area contributed by atoms with E-state index in [-0.39, 0.29) is 0 Å². The van der Waals surface area contributed by atoms with Crippen molar-refractivity contribution in [3.05, 3.63) is 11.0 Å². The van der Waals surface area contributed by atoms with Gasteiger partial charge in [-0.05, 0) is 25.1 Å². The summed E-state index contributed by atoms with van der Waals surface area (Å²) in [6.07, 6.45) is 0. The average molecular weight is 364 g/mol. The molecule has 1 atom stereocenters. The lowest BCUT2D eigenvalue weighted by molar-refractivity contribution is 0.361. The molecule has 1 aliphatic rings. The smallest absolute Gasteiger partial charge is 0.0614 e. The third-order valence-corrected chi connectivity index (χ3v) is 23.7. The van der Waals surface area contributed by atoms with Crippen LogP contribution in [-0.4, -0.2) is 38.5 Å². The predicted molar refractivity (Wildman–Crippen MR) is 107 cm³/mol. The average Bonchev–Trinajstić information content (AvgIpc) is 2.24. The van der Waals surface area contributed by atoms with Gasteiger partial charge in [-0.3, -0.25) is 0 Å². The highest BCUT2D eigenvalue weighted by Crippen LogP contribution is 2.79. The summed E-state index contributed by atoms with van der Waals surface area (Å²) >= 11 is 7.20. The van der Waals surface area contributed by atoms with E-state index in [2.05, 4.69) is 71.9 Å². The molecule has 0 aromatic heterocycles. The molecule has 0 saturated carbocycles. The van der Waals surface area contributed by atoms with E-state index in [4.69, 9.17) is 11.2 Å². The summed E-state index contributed by atoms with van der Waals surface area (Å²) in [4.78, 5) is 2.63. The number of nitrogens with zero attached hydrogens (tertiary/aromatic N) is 1. The molecule has 0 N–H and O–H groups in total. The van der Waals surface area contributed by atoms with E-state index in [1.165, 1.54) is 0 Å². The Morgan fingerprint density at radius 2 is 1.38 bits per heavy atom. The summed E-state index contributed by atoms with van der Waals surface area (Å²) in [6, 6.07) is 0. The van der Waals surface area contributed by atoms with E-state index in [9.17, 15) is 0 Å². The molecule has 21 heavy (non-hydrogen) atoms. The lowest BCUT2D eigenvalue weighted by Crippen LogP contribution is -2.71. The largest absolute Gasteiger partial charge is 0.375 e. The third kappa shape index (κ3) is 2.81. The zero-order valence-electron chi connectivity index (χ0n) is 15.8. The molecule has 124 valence electrons. The molecule has 1 aliphatic heterocycles. The molecule has 0 aliphatic carbocycles. The summed E-state index contributed by atoms with van der Waals surface area (Å²) in [5.74, 6) is 0.588. The van der Waals surface area contributed by atoms with Crippen LogP contribution in [0.2, 0.25) is 39.3 Å². The van der Waals surface area contributed by atoms with E-state index < -0.39 is 23.4 Å². The van der Waals surface area contributed by atoms with Crippen molar-refractivity contribution in [2.45, 2.75) is 71.4 Å². The molecule has 0 aromatic rings. The quantitative estimate of drug-likeness (QED) is 0.393. The molecule has 0 amide bonds. The third-order valence-electron chi connectivity index (χ3n) is 4.89. The maximum atomic E-state index is 7.20. The second-order valence-electron chi connectivity index (χ2n) is 8.55. The van der Waals surface area contributed by atoms with Crippen molar-refractivity contribution in [2.75, 3.05) is 13.1 Å². The van der Waals surface area contributed by atoms with E-state index in [0.717, 1.165) is 13.1 Å². The predicted octanol–water partition coefficient (Wildman–Crippen LogP) is 6.34. The Kier molecular flexibility index (Phi) is 5.92. The number of halogens is 1. The lowest BCUT2D eigenvalue weighted by atomic mass is 10.1. The van der Waals surface area contributed by atoms with Crippen LogP contribution in [0.1, 0.15) is 27.7 Å². The number of hydrogen-bond donors (Lipinski definition) is 0. The van der Waals surface area contributed by atoms with E-state index in [1.54, 1.807) is 11.0 Å². The first kappa shape index (κ1) is 19.7. The molecule has 0 bridgehead atoms. The lowest BCUT2D eigenvalue weighted by Gasteiger charge is -2.65. The molecule has 1 rings (SSSR count). The van der Waals surface area contributed by atoms with Crippen molar-refractivity contribution >= 4 is 34.7 Å². The first-order chi connectivity index (χ1) is 9.37. The first-order valence-corrected chi connectivity index (χ1v) is 17.6. The molecule has 1 nitrogen and oxygen atoms in total. The zero-order valence-corrected chi connectivity index (χ0v) is 19.4. The van der Waals surface area contributed by atoms with Gasteiger partial charge in [-0.25, -0.2) is 0 Å². The SMILES string of the molecule is CCN(CC)C1=C(C(C)C)P(Cl)C1([Si](C)(C)C)[Si](C)(C)C. The first-order valence-electron chi connectivity index (χ1n) is 8.33. The fourth-order valence-electron chi connectivity index (χ4n) is 4.35. The Labute approximate surface area is 141 Å². The van der Waals surface area contributed by atoms with Crippen molar-refractivity contribution in [3.63, 3.8) is 0 Å². The van der Waals surface area contributed by atoms with Gasteiger partial charge in [0.2, 0.25) is 0 Å². The highest BCUT2D eigenvalue weighted by Gasteiger charge is 2.67. The number of rotatable bonds is 6. The summed E-state index contributed by atoms with van der Waals surface area (Å²) in [6.45, 7) is 26.7. The minimum absolute atomic E-state index is 0.364. The van der Waals surface area contributed by atoms with Gasteiger partial charge in [0.05, 0.1) is 16.1 Å². The van der Waals surface area contributed by atoms with Crippen LogP contribution in [0.15, 0.2) is 11.0 Å². The molecule has 0 fully saturated rings. The van der Waals surface area contributed by atoms with Crippen LogP contribution in [-0.2, 0) is 0 Å². The van der Waals surface area contributed by atoms with Gasteiger partial charge in [0.25, 0.3) is 0 Å². The molecule has 0 saturated heterocycles. The van der Waals surface area contributed by atoms with Gasteiger partial charge < -0.3 is 4.90 Å². The molecule has 1 heterocycles. The second kappa shape index (κ2) is 6.30. The molecule has 1 unspecified atom stereocenters. The van der Waals surface area contributed by atoms with Gasteiger partial charge in [-0.2, -0.15) is 0 Å². The summed E-state index contributed by atoms with van der Waals surface area (Å²) < 4.78 is 0.364. The molecule has 0 radical (unpaired) electrons. The standard InChI is InChI=1S/C16H35ClNPSi2/c1-11-18(12-2)15-14(13(3)4)19(17)16(15,20(5,6)7)21(8,9)10/h13H,11-12H2,1-10H3. The number of allylic oxidation sites excluding steroid dienone is 2. The van der Waals surface area contributed by atoms with Gasteiger partial charge in [0.15, 0.2) is 0 Å². The van der Waals surface area contributed by atoms with Crippen LogP contribution in [0, 0.1) is 5.92 Å². The van der Waals surface area contributed by atoms with E-state index in [1.807, 2.05) is 0 Å². The van der Waals surface area contributed by atoms with Gasteiger partial charge in [-0.1, -0.05) is 64.4 Å². The van der Waals surface area contributed by atoms with Crippen molar-refractivity contribution in [1.82, 2.24) is 4.90 Å². The molecule has 0 spiro atoms. The highest BCUT2D eigenvalue weighted by molar-refractivity contribution is 7.94. The highest BCUT2D eigenvalue weighted by atomic mass is 35.7. The molecule has 0 aromatic carbocycles. The Balaban J connectivity index is 3.67. The maximum Gasteiger partial charge on any atom is 0.0614 e.